The van der Waals surface area contributed by atoms with Crippen molar-refractivity contribution < 1.29 is 81.9 Å². The second kappa shape index (κ2) is 29.7. The summed E-state index contributed by atoms with van der Waals surface area (Å²) in [7, 11) is 7.94. The number of likely N-dealkylation sites (N-methyl/N-ethyl adjacent to an activating group) is 1. The molecule has 0 bridgehead atoms. The quantitative estimate of drug-likeness (QED) is 0.0539. The van der Waals surface area contributed by atoms with Crippen LogP contribution in [0.2, 0.25) is 0 Å². The van der Waals surface area contributed by atoms with E-state index in [4.69, 9.17) is 47.5 Å². The maximum absolute atomic E-state index is 15.1. The summed E-state index contributed by atoms with van der Waals surface area (Å²) >= 11 is 0. The van der Waals surface area contributed by atoms with Crippen LogP contribution < -0.4 is 0 Å². The minimum absolute atomic E-state index is 0.0815. The molecule has 83 heavy (non-hydrogen) atoms. The van der Waals surface area contributed by atoms with Gasteiger partial charge in [-0.15, -0.1) is 5.10 Å². The zero-order valence-corrected chi connectivity index (χ0v) is 52.0. The van der Waals surface area contributed by atoms with E-state index in [0.717, 1.165) is 31.5 Å². The number of carbonyl (C=O) groups is 2. The lowest BCUT2D eigenvalue weighted by Crippen LogP contribution is -2.61. The lowest BCUT2D eigenvalue weighted by Gasteiger charge is -2.50. The molecule has 2 aromatic rings. The molecule has 1 aromatic heterocycles. The first-order chi connectivity index (χ1) is 39.2. The highest BCUT2D eigenvalue weighted by Crippen LogP contribution is 2.43. The Balaban J connectivity index is 1.28. The van der Waals surface area contributed by atoms with E-state index in [0.29, 0.717) is 36.7 Å². The fourth-order valence-corrected chi connectivity index (χ4v) is 13.2. The molecule has 23 heteroatoms. The van der Waals surface area contributed by atoms with Crippen LogP contribution in [0.3, 0.4) is 0 Å². The third-order valence-electron chi connectivity index (χ3n) is 18.6. The first-order valence-electron chi connectivity index (χ1n) is 29.6. The summed E-state index contributed by atoms with van der Waals surface area (Å²) in [5.74, 6) is -3.59. The van der Waals surface area contributed by atoms with Gasteiger partial charge in [-0.05, 0) is 97.7 Å². The molecule has 4 aliphatic heterocycles. The van der Waals surface area contributed by atoms with Gasteiger partial charge in [0.25, 0.3) is 0 Å². The number of hydrogen-bond acceptors (Lipinski definition) is 20. The molecular formula is C60H99FN6O16. The molecule has 0 radical (unpaired) electrons. The van der Waals surface area contributed by atoms with E-state index in [1.54, 1.807) is 54.8 Å². The maximum Gasteiger partial charge on any atom is 0.311 e. The van der Waals surface area contributed by atoms with E-state index in [-0.39, 0.29) is 32.0 Å². The van der Waals surface area contributed by atoms with Crippen molar-refractivity contribution in [2.24, 2.45) is 28.8 Å². The van der Waals surface area contributed by atoms with E-state index in [9.17, 15) is 30.0 Å². The monoisotopic (exact) mass is 1180 g/mol. The highest BCUT2D eigenvalue weighted by Gasteiger charge is 2.54. The Kier molecular flexibility index (Phi) is 24.5. The third-order valence-corrected chi connectivity index (χ3v) is 18.6. The van der Waals surface area contributed by atoms with Crippen molar-refractivity contribution in [3.8, 4) is 0 Å². The number of methoxy groups -OCH3 is 4. The summed E-state index contributed by atoms with van der Waals surface area (Å²) in [6.45, 7) is 20.0. The van der Waals surface area contributed by atoms with E-state index >= 15 is 4.39 Å². The number of aliphatic hydroxyl groups is 4. The maximum atomic E-state index is 15.1. The van der Waals surface area contributed by atoms with Gasteiger partial charge in [-0.2, -0.15) is 0 Å². The molecule has 22 nitrogen and oxygen atoms in total. The van der Waals surface area contributed by atoms with Crippen LogP contribution in [0.1, 0.15) is 150 Å². The van der Waals surface area contributed by atoms with Crippen LogP contribution in [0.15, 0.2) is 35.6 Å². The summed E-state index contributed by atoms with van der Waals surface area (Å²) < 4.78 is 73.2. The van der Waals surface area contributed by atoms with Gasteiger partial charge < -0.3 is 77.7 Å². The summed E-state index contributed by atoms with van der Waals surface area (Å²) in [5, 5.41) is 61.2. The second-order valence-electron chi connectivity index (χ2n) is 24.6. The third kappa shape index (κ3) is 15.9. The minimum Gasteiger partial charge on any atom is -0.459 e. The number of aliphatic hydroxyl groups excluding tert-OH is 3. The molecule has 0 aliphatic carbocycles. The van der Waals surface area contributed by atoms with E-state index in [1.165, 1.54) is 38.5 Å². The van der Waals surface area contributed by atoms with Gasteiger partial charge in [0.1, 0.15) is 42.7 Å². The van der Waals surface area contributed by atoms with Gasteiger partial charge in [-0.1, -0.05) is 62.3 Å². The fraction of sp³-hybridized carbons (Fsp3) is 0.817. The Hall–Kier alpha value is -3.82. The number of esters is 1. The van der Waals surface area contributed by atoms with Gasteiger partial charge >= 0.3 is 5.97 Å². The SMILES string of the molecule is CC[C@H]1OC(=O)[C@H](C)[C@@H](O[C@H]2C[C@@](C)(OC)[C@@H](O)[C@H](C)O2)[C@H](C)[C@@H](O[C@@H]2O[C@H](C)C[C@H](N(C)CCc3cn([C@H](CF)[C@H](OC)c4ccc(C5CCN(C(C)=O)CC5)cc4)nn3)[C@H]2O)[C@](C)(OC)C[C@@H](C)/C(=N\OCOC)[C@H](C)[C@@H](O)[C@]1(C)O. The molecule has 4 saturated heterocycles. The molecule has 5 heterocycles. The molecule has 6 rings (SSSR count). The Bertz CT molecular complexity index is 2380. The first-order valence-corrected chi connectivity index (χ1v) is 29.6. The molecule has 472 valence electrons. The van der Waals surface area contributed by atoms with Gasteiger partial charge in [-0.25, -0.2) is 9.07 Å². The number of nitrogens with zero attached hydrogens (tertiary/aromatic N) is 6. The van der Waals surface area contributed by atoms with Crippen LogP contribution in [-0.4, -0.2) is 216 Å². The number of cyclic esters (lactones) is 1. The number of amides is 1. The Morgan fingerprint density at radius 2 is 1.59 bits per heavy atom. The Morgan fingerprint density at radius 1 is 0.928 bits per heavy atom. The number of rotatable bonds is 20. The number of oxime groups is 1. The van der Waals surface area contributed by atoms with Gasteiger partial charge in [0.05, 0.1) is 59.0 Å². The van der Waals surface area contributed by atoms with Crippen LogP contribution >= 0.6 is 0 Å². The number of carbonyl (C=O) groups excluding carboxylic acids is 2. The number of benzene rings is 1. The van der Waals surface area contributed by atoms with E-state index in [1.807, 2.05) is 56.7 Å². The lowest BCUT2D eigenvalue weighted by molar-refractivity contribution is -0.319. The van der Waals surface area contributed by atoms with Crippen LogP contribution in [0, 0.1) is 23.7 Å². The molecule has 4 fully saturated rings. The van der Waals surface area contributed by atoms with Gasteiger partial charge in [0, 0.05) is 97.8 Å². The molecule has 0 saturated carbocycles. The van der Waals surface area contributed by atoms with Gasteiger partial charge in [0.2, 0.25) is 12.7 Å². The summed E-state index contributed by atoms with van der Waals surface area (Å²) in [6.07, 6.45) is -6.45. The molecule has 0 spiro atoms. The number of ether oxygens (including phenoxy) is 9. The Morgan fingerprint density at radius 3 is 2.18 bits per heavy atom. The van der Waals surface area contributed by atoms with Crippen molar-refractivity contribution in [1.82, 2.24) is 24.8 Å². The zero-order valence-electron chi connectivity index (χ0n) is 52.0. The summed E-state index contributed by atoms with van der Waals surface area (Å²) in [6, 6.07) is 6.77. The van der Waals surface area contributed by atoms with Gasteiger partial charge in [0.15, 0.2) is 12.6 Å². The number of likely N-dealkylation sites (tertiary alicyclic amines) is 1. The largest absolute Gasteiger partial charge is 0.459 e. The normalized spacial score (nSPS) is 37.7. The molecular weight excluding hydrogens is 1080 g/mol. The standard InChI is InChI=1S/C60H99FN6O16/c1-17-47-60(11,73)53(70)36(4)49(63-78-33-74-13)34(2)29-59(10,77-16)55(37(5)51(38(6)56(72)81-47)82-48-30-58(9,76-15)54(71)39(7)80-48)83-57-50(69)45(28-35(3)79-57)65(12)25-24-44-32-67(64-62-44)46(31-61)52(75-14)43-20-18-41(19-21-43)42-22-26-66(27-23-42)40(8)68/h18-21,32,34-39,42,45-48,50-55,57,69-71,73H,17,22-31,33H2,1-16H3/b63-49+/t34-,35-,36+,37+,38-,39+,45+,46-,47-,48+,50-,51+,52-,53-,54+,55-,57+,58-,59-,60-/m1/s1. The number of hydrogen-bond donors (Lipinski definition) is 4. The molecule has 4 N–H and O–H groups in total. The Labute approximate surface area is 490 Å². The number of alkyl halides is 1. The van der Waals surface area contributed by atoms with Crippen molar-refractivity contribution in [3.63, 3.8) is 0 Å². The topological polar surface area (TPSA) is 257 Å². The van der Waals surface area contributed by atoms with Crippen molar-refractivity contribution in [2.45, 2.75) is 223 Å². The predicted octanol–water partition coefficient (Wildman–Crippen LogP) is 5.68. The van der Waals surface area contributed by atoms with E-state index < -0.39 is 133 Å². The van der Waals surface area contributed by atoms with E-state index in [2.05, 4.69) is 27.6 Å². The van der Waals surface area contributed by atoms with Gasteiger partial charge in [-0.3, -0.25) is 9.59 Å². The van der Waals surface area contributed by atoms with Crippen LogP contribution in [0.25, 0.3) is 0 Å². The molecule has 4 aliphatic rings. The first kappa shape index (κ1) is 68.3. The zero-order chi connectivity index (χ0) is 61.3. The van der Waals surface area contributed by atoms with Crippen LogP contribution in [0.4, 0.5) is 4.39 Å². The van der Waals surface area contributed by atoms with Crippen molar-refractivity contribution in [3.05, 3.63) is 47.3 Å². The highest BCUT2D eigenvalue weighted by molar-refractivity contribution is 5.88. The lowest BCUT2D eigenvalue weighted by atomic mass is 9.73. The number of aromatic nitrogens is 3. The predicted molar refractivity (Wildman–Crippen MR) is 305 cm³/mol. The average molecular weight is 1180 g/mol. The number of piperidine rings is 1. The van der Waals surface area contributed by atoms with Crippen molar-refractivity contribution >= 4 is 17.6 Å². The summed E-state index contributed by atoms with van der Waals surface area (Å²) in [5.41, 5.74) is -1.43. The van der Waals surface area contributed by atoms with Crippen LogP contribution in [0.5, 0.6) is 0 Å². The smallest absolute Gasteiger partial charge is 0.311 e. The fourth-order valence-electron chi connectivity index (χ4n) is 13.2. The molecule has 1 aromatic carbocycles. The second-order valence-corrected chi connectivity index (χ2v) is 24.6. The molecule has 1 amide bonds. The number of halogens is 1. The average Bonchev–Trinajstić information content (AvgIpc) is 4.02. The van der Waals surface area contributed by atoms with Crippen molar-refractivity contribution in [1.29, 1.82) is 0 Å². The minimum atomic E-state index is -1.97. The highest BCUT2D eigenvalue weighted by atomic mass is 19.1. The molecule has 20 atom stereocenters. The van der Waals surface area contributed by atoms with Crippen molar-refractivity contribution in [2.75, 3.05) is 68.6 Å². The summed E-state index contributed by atoms with van der Waals surface area (Å²) in [4.78, 5) is 36.1. The van der Waals surface area contributed by atoms with Crippen LogP contribution in [-0.2, 0) is 63.5 Å². The molecule has 0 unspecified atom stereocenters.